The van der Waals surface area contributed by atoms with Crippen LogP contribution in [0, 0.1) is 0 Å². The lowest BCUT2D eigenvalue weighted by Gasteiger charge is -2.33. The molecule has 1 amide bonds. The molecule has 3 aromatic rings. The van der Waals surface area contributed by atoms with Crippen molar-refractivity contribution in [1.82, 2.24) is 14.9 Å². The number of hydrogen-bond acceptors (Lipinski definition) is 5. The number of aromatic nitrogens is 2. The molecule has 0 spiro atoms. The summed E-state index contributed by atoms with van der Waals surface area (Å²) in [6.07, 6.45) is 5.78. The molecule has 1 aromatic heterocycles. The van der Waals surface area contributed by atoms with Crippen LogP contribution in [0.5, 0.6) is 11.5 Å². The summed E-state index contributed by atoms with van der Waals surface area (Å²) < 4.78 is 10.6. The lowest BCUT2D eigenvalue weighted by molar-refractivity contribution is -0.131. The fraction of sp³-hybridized carbons (Fsp3) is 0.320. The van der Waals surface area contributed by atoms with Crippen molar-refractivity contribution in [2.24, 2.45) is 0 Å². The van der Waals surface area contributed by atoms with Crippen LogP contribution in [0.4, 0.5) is 0 Å². The smallest absolute Gasteiger partial charge is 0.227 e. The highest BCUT2D eigenvalue weighted by molar-refractivity contribution is 5.79. The van der Waals surface area contributed by atoms with Crippen molar-refractivity contribution in [2.75, 3.05) is 27.3 Å². The van der Waals surface area contributed by atoms with Crippen LogP contribution in [-0.2, 0) is 11.2 Å². The van der Waals surface area contributed by atoms with E-state index in [1.165, 1.54) is 0 Å². The molecule has 0 saturated carbocycles. The highest BCUT2D eigenvalue weighted by atomic mass is 16.5. The lowest BCUT2D eigenvalue weighted by atomic mass is 9.91. The minimum absolute atomic E-state index is 0.140. The molecule has 6 nitrogen and oxygen atoms in total. The molecule has 1 atom stereocenters. The van der Waals surface area contributed by atoms with Gasteiger partial charge < -0.3 is 14.4 Å². The van der Waals surface area contributed by atoms with Crippen LogP contribution in [0.15, 0.2) is 60.9 Å². The maximum atomic E-state index is 13.0. The van der Waals surface area contributed by atoms with Gasteiger partial charge in [0, 0.05) is 37.0 Å². The van der Waals surface area contributed by atoms with Gasteiger partial charge in [-0.2, -0.15) is 0 Å². The Hall–Kier alpha value is -3.41. The summed E-state index contributed by atoms with van der Waals surface area (Å²) in [4.78, 5) is 24.2. The average molecular weight is 418 g/mol. The van der Waals surface area contributed by atoms with Crippen LogP contribution >= 0.6 is 0 Å². The second kappa shape index (κ2) is 9.60. The van der Waals surface area contributed by atoms with Crippen LogP contribution < -0.4 is 9.47 Å². The predicted octanol–water partition coefficient (Wildman–Crippen LogP) is 4.11. The van der Waals surface area contributed by atoms with Crippen molar-refractivity contribution in [3.63, 3.8) is 0 Å². The highest BCUT2D eigenvalue weighted by Crippen LogP contribution is 2.33. The second-order valence-corrected chi connectivity index (χ2v) is 7.73. The number of hydrogen-bond donors (Lipinski definition) is 0. The van der Waals surface area contributed by atoms with Gasteiger partial charge in [-0.05, 0) is 42.7 Å². The molecule has 160 valence electrons. The molecule has 4 rings (SSSR count). The van der Waals surface area contributed by atoms with Gasteiger partial charge in [0.1, 0.15) is 11.5 Å². The summed E-state index contributed by atoms with van der Waals surface area (Å²) >= 11 is 0. The third-order valence-corrected chi connectivity index (χ3v) is 5.74. The lowest BCUT2D eigenvalue weighted by Crippen LogP contribution is -2.40. The Morgan fingerprint density at radius 1 is 1.03 bits per heavy atom. The summed E-state index contributed by atoms with van der Waals surface area (Å²) in [5, 5.41) is 0. The van der Waals surface area contributed by atoms with Gasteiger partial charge in [0.25, 0.3) is 0 Å². The highest BCUT2D eigenvalue weighted by Gasteiger charge is 2.28. The van der Waals surface area contributed by atoms with E-state index in [2.05, 4.69) is 9.97 Å². The first kappa shape index (κ1) is 20.8. The molecule has 0 bridgehead atoms. The van der Waals surface area contributed by atoms with Crippen molar-refractivity contribution in [2.45, 2.75) is 25.2 Å². The first-order valence-electron chi connectivity index (χ1n) is 10.5. The predicted molar refractivity (Wildman–Crippen MR) is 119 cm³/mol. The van der Waals surface area contributed by atoms with Crippen molar-refractivity contribution in [3.05, 3.63) is 72.2 Å². The summed E-state index contributed by atoms with van der Waals surface area (Å²) in [5.41, 5.74) is 3.77. The summed E-state index contributed by atoms with van der Waals surface area (Å²) in [6, 6.07) is 15.5. The van der Waals surface area contributed by atoms with Gasteiger partial charge in [-0.15, -0.1) is 0 Å². The Labute approximate surface area is 182 Å². The van der Waals surface area contributed by atoms with Crippen LogP contribution in [0.25, 0.3) is 11.3 Å². The van der Waals surface area contributed by atoms with E-state index in [1.54, 1.807) is 26.6 Å². The molecule has 2 aromatic carbocycles. The Balaban J connectivity index is 1.51. The van der Waals surface area contributed by atoms with Crippen LogP contribution in [0.2, 0.25) is 0 Å². The van der Waals surface area contributed by atoms with Gasteiger partial charge in [0.2, 0.25) is 5.91 Å². The fourth-order valence-electron chi connectivity index (χ4n) is 4.10. The topological polar surface area (TPSA) is 64.5 Å². The Bertz CT molecular complexity index is 1040. The third kappa shape index (κ3) is 4.85. The van der Waals surface area contributed by atoms with Gasteiger partial charge in [0.15, 0.2) is 0 Å². The van der Waals surface area contributed by atoms with Crippen molar-refractivity contribution in [1.29, 1.82) is 0 Å². The molecule has 31 heavy (non-hydrogen) atoms. The van der Waals surface area contributed by atoms with E-state index in [0.29, 0.717) is 13.0 Å². The molecule has 0 unspecified atom stereocenters. The normalized spacial score (nSPS) is 16.1. The van der Waals surface area contributed by atoms with Crippen LogP contribution in [-0.4, -0.2) is 48.1 Å². The minimum Gasteiger partial charge on any atom is -0.497 e. The van der Waals surface area contributed by atoms with E-state index < -0.39 is 0 Å². The average Bonchev–Trinajstić information content (AvgIpc) is 2.84. The first-order valence-corrected chi connectivity index (χ1v) is 10.5. The zero-order valence-electron chi connectivity index (χ0n) is 18.0. The van der Waals surface area contributed by atoms with E-state index in [9.17, 15) is 4.79 Å². The number of benzene rings is 2. The molecular formula is C25H27N3O3. The fourth-order valence-corrected chi connectivity index (χ4v) is 4.10. The maximum Gasteiger partial charge on any atom is 0.227 e. The number of carbonyl (C=O) groups excluding carboxylic acids is 1. The zero-order chi connectivity index (χ0) is 21.6. The number of likely N-dealkylation sites (tertiary alicyclic amines) is 1. The standard InChI is InChI=1S/C25H27N3O3/c1-30-21-10-8-18(9-11-21)15-23(29)28-14-4-6-20(17-28)25-24(26-12-13-27-25)19-5-3-7-22(16-19)31-2/h3,5,7-13,16,20H,4,6,14-15,17H2,1-2H3/t20-/m1/s1. The van der Waals surface area contributed by atoms with E-state index in [1.807, 2.05) is 53.4 Å². The van der Waals surface area contributed by atoms with Gasteiger partial charge in [-0.1, -0.05) is 24.3 Å². The van der Waals surface area contributed by atoms with E-state index in [-0.39, 0.29) is 11.8 Å². The Morgan fingerprint density at radius 3 is 2.58 bits per heavy atom. The number of piperidine rings is 1. The molecule has 0 radical (unpaired) electrons. The van der Waals surface area contributed by atoms with E-state index >= 15 is 0 Å². The summed E-state index contributed by atoms with van der Waals surface area (Å²) in [6.45, 7) is 1.44. The molecule has 6 heteroatoms. The molecule has 1 aliphatic rings. The molecule has 2 heterocycles. The number of methoxy groups -OCH3 is 2. The molecule has 1 aliphatic heterocycles. The SMILES string of the molecule is COc1ccc(CC(=O)N2CCC[C@@H](c3nccnc3-c3cccc(OC)c3)C2)cc1. The van der Waals surface area contributed by atoms with Gasteiger partial charge >= 0.3 is 0 Å². The Morgan fingerprint density at radius 2 is 1.81 bits per heavy atom. The van der Waals surface area contributed by atoms with Gasteiger partial charge in [-0.3, -0.25) is 14.8 Å². The summed E-state index contributed by atoms with van der Waals surface area (Å²) in [5.74, 6) is 1.88. The quantitative estimate of drug-likeness (QED) is 0.604. The Kier molecular flexibility index (Phi) is 6.46. The first-order chi connectivity index (χ1) is 15.2. The largest absolute Gasteiger partial charge is 0.497 e. The van der Waals surface area contributed by atoms with Crippen molar-refractivity contribution >= 4 is 5.91 Å². The molecule has 0 aliphatic carbocycles. The molecule has 1 fully saturated rings. The van der Waals surface area contributed by atoms with E-state index in [4.69, 9.17) is 9.47 Å². The summed E-state index contributed by atoms with van der Waals surface area (Å²) in [7, 11) is 3.30. The number of carbonyl (C=O) groups is 1. The number of amides is 1. The molecule has 1 saturated heterocycles. The number of rotatable bonds is 6. The minimum atomic E-state index is 0.140. The third-order valence-electron chi connectivity index (χ3n) is 5.74. The van der Waals surface area contributed by atoms with Crippen molar-refractivity contribution in [3.8, 4) is 22.8 Å². The van der Waals surface area contributed by atoms with Crippen LogP contribution in [0.3, 0.4) is 0 Å². The van der Waals surface area contributed by atoms with Gasteiger partial charge in [-0.25, -0.2) is 0 Å². The molecule has 0 N–H and O–H groups in total. The maximum absolute atomic E-state index is 13.0. The molecular weight excluding hydrogens is 390 g/mol. The van der Waals surface area contributed by atoms with Crippen molar-refractivity contribution < 1.29 is 14.3 Å². The number of ether oxygens (including phenoxy) is 2. The van der Waals surface area contributed by atoms with Gasteiger partial charge in [0.05, 0.1) is 32.0 Å². The monoisotopic (exact) mass is 417 g/mol. The van der Waals surface area contributed by atoms with E-state index in [0.717, 1.165) is 53.4 Å². The van der Waals surface area contributed by atoms with Crippen LogP contribution in [0.1, 0.15) is 30.0 Å². The second-order valence-electron chi connectivity index (χ2n) is 7.73. The zero-order valence-corrected chi connectivity index (χ0v) is 18.0. The number of nitrogens with zero attached hydrogens (tertiary/aromatic N) is 3.